The Morgan fingerprint density at radius 1 is 0.895 bits per heavy atom. The number of anilines is 3. The van der Waals surface area contributed by atoms with Gasteiger partial charge < -0.3 is 11.1 Å². The average Bonchev–Trinajstić information content (AvgIpc) is 2.86. The topological polar surface area (TPSA) is 50.9 Å². The highest BCUT2D eigenvalue weighted by molar-refractivity contribution is 7.19. The zero-order chi connectivity index (χ0) is 13.1. The summed E-state index contributed by atoms with van der Waals surface area (Å²) >= 11 is 1.44. The molecule has 1 heterocycles. The van der Waals surface area contributed by atoms with Gasteiger partial charge in [-0.1, -0.05) is 53.8 Å². The van der Waals surface area contributed by atoms with Crippen LogP contribution in [-0.2, 0) is 0 Å². The van der Waals surface area contributed by atoms with E-state index in [-0.39, 0.29) is 0 Å². The fourth-order valence-corrected chi connectivity index (χ4v) is 2.45. The van der Waals surface area contributed by atoms with Crippen LogP contribution in [0.1, 0.15) is 0 Å². The number of thiazole rings is 1. The first kappa shape index (κ1) is 11.7. The Morgan fingerprint density at radius 3 is 2.21 bits per heavy atom. The van der Waals surface area contributed by atoms with E-state index in [4.69, 9.17) is 5.73 Å². The fourth-order valence-electron chi connectivity index (χ4n) is 1.84. The highest BCUT2D eigenvalue weighted by atomic mass is 32.1. The molecule has 1 aromatic heterocycles. The van der Waals surface area contributed by atoms with Gasteiger partial charge in [-0.15, -0.1) is 0 Å². The van der Waals surface area contributed by atoms with Crippen molar-refractivity contribution in [3.63, 3.8) is 0 Å². The SMILES string of the molecule is Nc1cnc(Nc2ccc(-c3ccccc3)cc2)s1. The Labute approximate surface area is 115 Å². The van der Waals surface area contributed by atoms with Crippen molar-refractivity contribution < 1.29 is 0 Å². The molecule has 0 amide bonds. The monoisotopic (exact) mass is 267 g/mol. The largest absolute Gasteiger partial charge is 0.389 e. The molecular formula is C15H13N3S. The second-order valence-corrected chi connectivity index (χ2v) is 5.20. The van der Waals surface area contributed by atoms with Gasteiger partial charge in [0.25, 0.3) is 0 Å². The third-order valence-electron chi connectivity index (χ3n) is 2.77. The fraction of sp³-hybridized carbons (Fsp3) is 0. The van der Waals surface area contributed by atoms with Crippen LogP contribution < -0.4 is 11.1 Å². The normalized spacial score (nSPS) is 10.3. The predicted octanol–water partition coefficient (Wildman–Crippen LogP) is 4.14. The van der Waals surface area contributed by atoms with Gasteiger partial charge in [0.15, 0.2) is 5.13 Å². The van der Waals surface area contributed by atoms with Gasteiger partial charge >= 0.3 is 0 Å². The third kappa shape index (κ3) is 2.74. The van der Waals surface area contributed by atoms with Crippen molar-refractivity contribution in [1.82, 2.24) is 4.98 Å². The molecule has 0 aliphatic carbocycles. The summed E-state index contributed by atoms with van der Waals surface area (Å²) in [4.78, 5) is 4.17. The average molecular weight is 267 g/mol. The van der Waals surface area contributed by atoms with Gasteiger partial charge in [0.05, 0.1) is 6.20 Å². The highest BCUT2D eigenvalue weighted by Crippen LogP contribution is 2.26. The number of nitrogens with one attached hydrogen (secondary N) is 1. The zero-order valence-corrected chi connectivity index (χ0v) is 11.0. The Balaban J connectivity index is 1.79. The van der Waals surface area contributed by atoms with Gasteiger partial charge in [0, 0.05) is 5.69 Å². The van der Waals surface area contributed by atoms with Gasteiger partial charge in [-0.2, -0.15) is 0 Å². The van der Waals surface area contributed by atoms with Crippen LogP contribution >= 0.6 is 11.3 Å². The molecular weight excluding hydrogens is 254 g/mol. The second kappa shape index (κ2) is 5.12. The zero-order valence-electron chi connectivity index (χ0n) is 10.2. The maximum Gasteiger partial charge on any atom is 0.189 e. The summed E-state index contributed by atoms with van der Waals surface area (Å²) in [5.74, 6) is 0. The van der Waals surface area contributed by atoms with E-state index in [1.54, 1.807) is 6.20 Å². The van der Waals surface area contributed by atoms with Gasteiger partial charge in [-0.25, -0.2) is 4.98 Å². The van der Waals surface area contributed by atoms with Crippen LogP contribution in [0.25, 0.3) is 11.1 Å². The first-order valence-corrected chi connectivity index (χ1v) is 6.77. The van der Waals surface area contributed by atoms with Crippen LogP contribution in [0.15, 0.2) is 60.8 Å². The molecule has 0 bridgehead atoms. The number of nitrogens with zero attached hydrogens (tertiary/aromatic N) is 1. The van der Waals surface area contributed by atoms with Crippen LogP contribution in [0.4, 0.5) is 15.8 Å². The molecule has 0 spiro atoms. The molecule has 0 unspecified atom stereocenters. The molecule has 3 rings (SSSR count). The van der Waals surface area contributed by atoms with Crippen molar-refractivity contribution in [3.05, 3.63) is 60.8 Å². The number of hydrogen-bond donors (Lipinski definition) is 2. The van der Waals surface area contributed by atoms with E-state index >= 15 is 0 Å². The van der Waals surface area contributed by atoms with Crippen LogP contribution in [-0.4, -0.2) is 4.98 Å². The first-order valence-electron chi connectivity index (χ1n) is 5.95. The number of nitrogen functional groups attached to an aromatic ring is 1. The van der Waals surface area contributed by atoms with Gasteiger partial charge in [-0.05, 0) is 23.3 Å². The van der Waals surface area contributed by atoms with Crippen LogP contribution in [0.3, 0.4) is 0 Å². The Morgan fingerprint density at radius 2 is 1.58 bits per heavy atom. The molecule has 0 atom stereocenters. The van der Waals surface area contributed by atoms with Gasteiger partial charge in [-0.3, -0.25) is 0 Å². The second-order valence-electron chi connectivity index (χ2n) is 4.14. The summed E-state index contributed by atoms with van der Waals surface area (Å²) in [5.41, 5.74) is 9.07. The highest BCUT2D eigenvalue weighted by Gasteiger charge is 2.00. The van der Waals surface area contributed by atoms with E-state index in [2.05, 4.69) is 34.6 Å². The molecule has 4 heteroatoms. The number of rotatable bonds is 3. The van der Waals surface area contributed by atoms with E-state index in [1.807, 2.05) is 30.3 Å². The standard InChI is InChI=1S/C15H13N3S/c16-14-10-17-15(19-14)18-13-8-6-12(7-9-13)11-4-2-1-3-5-11/h1-10H,16H2,(H,17,18). The lowest BCUT2D eigenvalue weighted by molar-refractivity contribution is 1.39. The first-order chi connectivity index (χ1) is 9.31. The van der Waals surface area contributed by atoms with E-state index in [0.29, 0.717) is 5.00 Å². The number of benzene rings is 2. The number of hydrogen-bond acceptors (Lipinski definition) is 4. The summed E-state index contributed by atoms with van der Waals surface area (Å²) in [6.45, 7) is 0. The molecule has 94 valence electrons. The van der Waals surface area contributed by atoms with Crippen LogP contribution in [0, 0.1) is 0 Å². The maximum atomic E-state index is 5.65. The Bertz CT molecular complexity index is 659. The molecule has 3 N–H and O–H groups in total. The molecule has 0 saturated carbocycles. The molecule has 0 fully saturated rings. The minimum absolute atomic E-state index is 0.711. The molecule has 2 aromatic carbocycles. The quantitative estimate of drug-likeness (QED) is 0.750. The molecule has 0 saturated heterocycles. The van der Waals surface area contributed by atoms with E-state index < -0.39 is 0 Å². The smallest absolute Gasteiger partial charge is 0.189 e. The maximum absolute atomic E-state index is 5.65. The molecule has 0 radical (unpaired) electrons. The molecule has 0 aliphatic rings. The number of aromatic nitrogens is 1. The van der Waals surface area contributed by atoms with E-state index in [9.17, 15) is 0 Å². The summed E-state index contributed by atoms with van der Waals surface area (Å²) in [5, 5.41) is 4.75. The van der Waals surface area contributed by atoms with Crippen molar-refractivity contribution >= 4 is 27.2 Å². The molecule has 0 aliphatic heterocycles. The minimum atomic E-state index is 0.711. The van der Waals surface area contributed by atoms with Gasteiger partial charge in [0.2, 0.25) is 0 Å². The minimum Gasteiger partial charge on any atom is -0.389 e. The Hall–Kier alpha value is -2.33. The van der Waals surface area contributed by atoms with Crippen molar-refractivity contribution in [2.75, 3.05) is 11.1 Å². The van der Waals surface area contributed by atoms with E-state index in [1.165, 1.54) is 22.5 Å². The molecule has 3 nitrogen and oxygen atoms in total. The van der Waals surface area contributed by atoms with Crippen molar-refractivity contribution in [2.45, 2.75) is 0 Å². The number of nitrogens with two attached hydrogens (primary N) is 1. The summed E-state index contributed by atoms with van der Waals surface area (Å²) in [6.07, 6.45) is 1.66. The van der Waals surface area contributed by atoms with Crippen molar-refractivity contribution in [2.24, 2.45) is 0 Å². The molecule has 3 aromatic rings. The lowest BCUT2D eigenvalue weighted by atomic mass is 10.1. The van der Waals surface area contributed by atoms with E-state index in [0.717, 1.165) is 10.8 Å². The Kier molecular flexibility index (Phi) is 3.16. The van der Waals surface area contributed by atoms with Crippen molar-refractivity contribution in [3.8, 4) is 11.1 Å². The summed E-state index contributed by atoms with van der Waals surface area (Å²) < 4.78 is 0. The lowest BCUT2D eigenvalue weighted by Crippen LogP contribution is -1.88. The van der Waals surface area contributed by atoms with Crippen LogP contribution in [0.5, 0.6) is 0 Å². The van der Waals surface area contributed by atoms with Crippen LogP contribution in [0.2, 0.25) is 0 Å². The molecule has 19 heavy (non-hydrogen) atoms. The lowest BCUT2D eigenvalue weighted by Gasteiger charge is -2.05. The third-order valence-corrected chi connectivity index (χ3v) is 3.51. The summed E-state index contributed by atoms with van der Waals surface area (Å²) in [6, 6.07) is 18.6. The van der Waals surface area contributed by atoms with Crippen molar-refractivity contribution in [1.29, 1.82) is 0 Å². The predicted molar refractivity (Wildman–Crippen MR) is 81.7 cm³/mol. The van der Waals surface area contributed by atoms with Gasteiger partial charge in [0.1, 0.15) is 5.00 Å². The summed E-state index contributed by atoms with van der Waals surface area (Å²) in [7, 11) is 0.